The molecule has 6 heteroatoms. The maximum absolute atomic E-state index is 14.8. The van der Waals surface area contributed by atoms with Gasteiger partial charge in [-0.15, -0.1) is 0 Å². The molecule has 4 rings (SSSR count). The average molecular weight is 351 g/mol. The van der Waals surface area contributed by atoms with Gasteiger partial charge in [0, 0.05) is 49.2 Å². The van der Waals surface area contributed by atoms with Crippen LogP contribution in [0.1, 0.15) is 6.92 Å². The minimum Gasteiger partial charge on any atom is -0.341 e. The number of aryl methyl sites for hydroxylation is 1. The first-order chi connectivity index (χ1) is 12.5. The van der Waals surface area contributed by atoms with Crippen molar-refractivity contribution in [3.8, 4) is 11.1 Å². The van der Waals surface area contributed by atoms with Crippen LogP contribution in [0.25, 0.3) is 21.9 Å². The Morgan fingerprint density at radius 2 is 2.04 bits per heavy atom. The smallest absolute Gasteiger partial charge is 0.175 e. The van der Waals surface area contributed by atoms with E-state index in [1.807, 2.05) is 43.4 Å². The Kier molecular flexibility index (Phi) is 4.00. The maximum Gasteiger partial charge on any atom is 0.175 e. The standard InChI is InChI=1S/C20H22FN5/c1-4-26-12-20(21,13-26)14(2)24-19-8-17-7-15(5-6-16(17)9-22-19)18-10-23-25(3)11-18/h5-11H,2,4,12-13H2,1,3H3,(H,22,24). The van der Waals surface area contributed by atoms with E-state index >= 15 is 0 Å². The van der Waals surface area contributed by atoms with Gasteiger partial charge in [0.1, 0.15) is 5.82 Å². The number of alkyl halides is 1. The molecule has 1 aliphatic rings. The zero-order valence-corrected chi connectivity index (χ0v) is 15.0. The predicted octanol–water partition coefficient (Wildman–Crippen LogP) is 3.60. The SMILES string of the molecule is C=C(Nc1cc2cc(-c3cnn(C)c3)ccc2cn1)C1(F)CN(CC)C1. The summed E-state index contributed by atoms with van der Waals surface area (Å²) in [5, 5.41) is 9.35. The van der Waals surface area contributed by atoms with E-state index in [1.165, 1.54) is 0 Å². The van der Waals surface area contributed by atoms with E-state index in [-0.39, 0.29) is 0 Å². The lowest BCUT2D eigenvalue weighted by Crippen LogP contribution is -2.60. The van der Waals surface area contributed by atoms with Gasteiger partial charge in [-0.1, -0.05) is 25.6 Å². The second kappa shape index (κ2) is 6.21. The number of benzene rings is 1. The summed E-state index contributed by atoms with van der Waals surface area (Å²) in [6.07, 6.45) is 5.61. The first-order valence-electron chi connectivity index (χ1n) is 8.73. The monoisotopic (exact) mass is 351 g/mol. The zero-order valence-electron chi connectivity index (χ0n) is 15.0. The number of hydrogen-bond acceptors (Lipinski definition) is 4. The van der Waals surface area contributed by atoms with Gasteiger partial charge in [0.25, 0.3) is 0 Å². The van der Waals surface area contributed by atoms with Gasteiger partial charge in [-0.05, 0) is 29.6 Å². The molecule has 1 aromatic carbocycles. The number of fused-ring (bicyclic) bond motifs is 1. The summed E-state index contributed by atoms with van der Waals surface area (Å²) in [6, 6.07) is 8.11. The lowest BCUT2D eigenvalue weighted by molar-refractivity contribution is 0.00168. The number of nitrogens with one attached hydrogen (secondary N) is 1. The van der Waals surface area contributed by atoms with Gasteiger partial charge in [-0.25, -0.2) is 9.37 Å². The number of pyridine rings is 1. The average Bonchev–Trinajstić information content (AvgIpc) is 3.04. The van der Waals surface area contributed by atoms with Crippen LogP contribution >= 0.6 is 0 Å². The normalized spacial score (nSPS) is 16.4. The Balaban J connectivity index is 1.57. The van der Waals surface area contributed by atoms with Crippen molar-refractivity contribution in [3.63, 3.8) is 0 Å². The van der Waals surface area contributed by atoms with Crippen LogP contribution in [0.15, 0.2) is 55.1 Å². The molecule has 0 bridgehead atoms. The number of hydrogen-bond donors (Lipinski definition) is 1. The van der Waals surface area contributed by atoms with E-state index in [0.29, 0.717) is 24.6 Å². The fourth-order valence-electron chi connectivity index (χ4n) is 3.30. The molecule has 0 amide bonds. The van der Waals surface area contributed by atoms with E-state index < -0.39 is 5.67 Å². The van der Waals surface area contributed by atoms with Crippen molar-refractivity contribution >= 4 is 16.6 Å². The highest BCUT2D eigenvalue weighted by atomic mass is 19.1. The summed E-state index contributed by atoms with van der Waals surface area (Å²) in [5.74, 6) is 0.609. The number of likely N-dealkylation sites (tertiary alicyclic amines) is 1. The van der Waals surface area contributed by atoms with Crippen molar-refractivity contribution in [1.29, 1.82) is 0 Å². The molecule has 1 aliphatic heterocycles. The van der Waals surface area contributed by atoms with Crippen molar-refractivity contribution in [2.75, 3.05) is 25.0 Å². The third-order valence-electron chi connectivity index (χ3n) is 4.98. The summed E-state index contributed by atoms with van der Waals surface area (Å²) in [5.41, 5.74) is 1.13. The van der Waals surface area contributed by atoms with Crippen LogP contribution in [0.5, 0.6) is 0 Å². The first kappa shape index (κ1) is 16.7. The summed E-state index contributed by atoms with van der Waals surface area (Å²) < 4.78 is 16.6. The molecule has 0 unspecified atom stereocenters. The Hall–Kier alpha value is -2.73. The molecule has 2 aromatic heterocycles. The largest absolute Gasteiger partial charge is 0.341 e. The second-order valence-corrected chi connectivity index (χ2v) is 6.91. The van der Waals surface area contributed by atoms with Gasteiger partial charge >= 0.3 is 0 Å². The van der Waals surface area contributed by atoms with E-state index in [4.69, 9.17) is 0 Å². The molecular weight excluding hydrogens is 329 g/mol. The molecule has 0 radical (unpaired) electrons. The molecule has 0 atom stereocenters. The fourth-order valence-corrected chi connectivity index (χ4v) is 3.30. The topological polar surface area (TPSA) is 46.0 Å². The van der Waals surface area contributed by atoms with E-state index in [2.05, 4.69) is 34.1 Å². The van der Waals surface area contributed by atoms with Crippen LogP contribution in [-0.2, 0) is 7.05 Å². The second-order valence-electron chi connectivity index (χ2n) is 6.91. The number of halogens is 1. The number of rotatable bonds is 5. The van der Waals surface area contributed by atoms with Gasteiger partial charge in [0.15, 0.2) is 5.67 Å². The molecule has 3 aromatic rings. The van der Waals surface area contributed by atoms with Crippen LogP contribution in [0, 0.1) is 0 Å². The van der Waals surface area contributed by atoms with Crippen molar-refractivity contribution in [2.45, 2.75) is 12.6 Å². The van der Waals surface area contributed by atoms with Gasteiger partial charge in [-0.3, -0.25) is 9.58 Å². The summed E-state index contributed by atoms with van der Waals surface area (Å²) in [7, 11) is 1.90. The van der Waals surface area contributed by atoms with E-state index in [1.54, 1.807) is 10.9 Å². The number of aromatic nitrogens is 3. The Morgan fingerprint density at radius 1 is 1.23 bits per heavy atom. The lowest BCUT2D eigenvalue weighted by Gasteiger charge is -2.45. The summed E-state index contributed by atoms with van der Waals surface area (Å²) in [6.45, 7) is 7.54. The molecule has 0 spiro atoms. The third-order valence-corrected chi connectivity index (χ3v) is 4.98. The van der Waals surface area contributed by atoms with Crippen LogP contribution in [0.2, 0.25) is 0 Å². The zero-order chi connectivity index (χ0) is 18.3. The van der Waals surface area contributed by atoms with E-state index in [0.717, 1.165) is 28.4 Å². The summed E-state index contributed by atoms with van der Waals surface area (Å²) >= 11 is 0. The Morgan fingerprint density at radius 3 is 2.73 bits per heavy atom. The molecule has 3 heterocycles. The molecule has 0 aliphatic carbocycles. The molecular formula is C20H22FN5. The molecule has 1 saturated heterocycles. The van der Waals surface area contributed by atoms with Crippen LogP contribution < -0.4 is 5.32 Å². The lowest BCUT2D eigenvalue weighted by atomic mass is 9.93. The van der Waals surface area contributed by atoms with Gasteiger partial charge in [0.2, 0.25) is 0 Å². The highest BCUT2D eigenvalue weighted by Gasteiger charge is 2.45. The van der Waals surface area contributed by atoms with Crippen LogP contribution in [-0.4, -0.2) is 45.0 Å². The predicted molar refractivity (Wildman–Crippen MR) is 103 cm³/mol. The quantitative estimate of drug-likeness (QED) is 0.763. The summed E-state index contributed by atoms with van der Waals surface area (Å²) in [4.78, 5) is 6.44. The van der Waals surface area contributed by atoms with Crippen molar-refractivity contribution in [3.05, 3.63) is 55.1 Å². The molecule has 134 valence electrons. The Bertz CT molecular complexity index is 971. The molecule has 1 fully saturated rings. The van der Waals surface area contributed by atoms with Gasteiger partial charge < -0.3 is 5.32 Å². The van der Waals surface area contributed by atoms with E-state index in [9.17, 15) is 4.39 Å². The highest BCUT2D eigenvalue weighted by Crippen LogP contribution is 2.32. The molecule has 0 saturated carbocycles. The third kappa shape index (κ3) is 2.97. The van der Waals surface area contributed by atoms with Crippen molar-refractivity contribution in [2.24, 2.45) is 7.05 Å². The molecule has 5 nitrogen and oxygen atoms in total. The molecule has 26 heavy (non-hydrogen) atoms. The Labute approximate surface area is 152 Å². The van der Waals surface area contributed by atoms with Crippen molar-refractivity contribution < 1.29 is 4.39 Å². The molecule has 1 N–H and O–H groups in total. The van der Waals surface area contributed by atoms with Crippen molar-refractivity contribution in [1.82, 2.24) is 19.7 Å². The fraction of sp³-hybridized carbons (Fsp3) is 0.300. The maximum atomic E-state index is 14.8. The van der Waals surface area contributed by atoms with Gasteiger partial charge in [-0.2, -0.15) is 5.10 Å². The highest BCUT2D eigenvalue weighted by molar-refractivity contribution is 5.88. The number of nitrogens with zero attached hydrogens (tertiary/aromatic N) is 4. The van der Waals surface area contributed by atoms with Crippen LogP contribution in [0.3, 0.4) is 0 Å². The van der Waals surface area contributed by atoms with Crippen LogP contribution in [0.4, 0.5) is 10.2 Å². The minimum atomic E-state index is -1.38. The minimum absolute atomic E-state index is 0.373. The van der Waals surface area contributed by atoms with Gasteiger partial charge in [0.05, 0.1) is 6.20 Å². The number of anilines is 1. The first-order valence-corrected chi connectivity index (χ1v) is 8.73.